The number of benzene rings is 2. The van der Waals surface area contributed by atoms with Crippen LogP contribution in [0.15, 0.2) is 42.5 Å². The molecular formula is C40H59BN4O7. The summed E-state index contributed by atoms with van der Waals surface area (Å²) < 4.78 is 18.6. The van der Waals surface area contributed by atoms with Crippen molar-refractivity contribution in [2.24, 2.45) is 17.8 Å². The van der Waals surface area contributed by atoms with Gasteiger partial charge in [0.25, 0.3) is 0 Å². The van der Waals surface area contributed by atoms with Crippen LogP contribution in [0.25, 0.3) is 10.8 Å². The smallest absolute Gasteiger partial charge is 0.444 e. The Morgan fingerprint density at radius 3 is 2.37 bits per heavy atom. The number of hydrogen-bond donors (Lipinski definition) is 3. The summed E-state index contributed by atoms with van der Waals surface area (Å²) in [4.78, 5) is 56.0. The molecule has 2 heterocycles. The highest BCUT2D eigenvalue weighted by molar-refractivity contribution is 6.47. The summed E-state index contributed by atoms with van der Waals surface area (Å²) in [5, 5.41) is 11.0. The predicted octanol–water partition coefficient (Wildman–Crippen LogP) is 5.57. The number of rotatable bonds is 12. The highest BCUT2D eigenvalue weighted by atomic mass is 16.7. The van der Waals surface area contributed by atoms with E-state index in [2.05, 4.69) is 43.6 Å². The summed E-state index contributed by atoms with van der Waals surface area (Å²) in [6.45, 7) is 15.8. The lowest BCUT2D eigenvalue weighted by Crippen LogP contribution is -2.58. The fraction of sp³-hybridized carbons (Fsp3) is 0.650. The molecule has 0 bridgehead atoms. The van der Waals surface area contributed by atoms with E-state index in [4.69, 9.17) is 14.0 Å². The van der Waals surface area contributed by atoms with Crippen molar-refractivity contribution in [2.75, 3.05) is 6.54 Å². The van der Waals surface area contributed by atoms with Gasteiger partial charge in [-0.15, -0.1) is 0 Å². The van der Waals surface area contributed by atoms with Crippen molar-refractivity contribution >= 4 is 41.7 Å². The largest absolute Gasteiger partial charge is 0.481 e. The van der Waals surface area contributed by atoms with E-state index in [0.29, 0.717) is 37.6 Å². The van der Waals surface area contributed by atoms with E-state index in [1.54, 1.807) is 27.7 Å². The molecule has 3 fully saturated rings. The Bertz CT molecular complexity index is 1580. The molecule has 0 radical (unpaired) electrons. The maximum absolute atomic E-state index is 14.5. The second-order valence-electron chi connectivity index (χ2n) is 16.5. The molecule has 3 unspecified atom stereocenters. The van der Waals surface area contributed by atoms with E-state index < -0.39 is 48.8 Å². The molecule has 3 aliphatic rings. The minimum Gasteiger partial charge on any atom is -0.444 e. The van der Waals surface area contributed by atoms with Crippen LogP contribution in [0.4, 0.5) is 4.79 Å². The molecule has 52 heavy (non-hydrogen) atoms. The summed E-state index contributed by atoms with van der Waals surface area (Å²) in [5.74, 6) is -0.504. The van der Waals surface area contributed by atoms with Crippen LogP contribution in [0.5, 0.6) is 0 Å². The second-order valence-corrected chi connectivity index (χ2v) is 16.5. The van der Waals surface area contributed by atoms with E-state index in [0.717, 1.165) is 35.6 Å². The summed E-state index contributed by atoms with van der Waals surface area (Å²) in [5.41, 5.74) is 0.203. The molecule has 5 rings (SSSR count). The van der Waals surface area contributed by atoms with E-state index >= 15 is 0 Å². The third kappa shape index (κ3) is 9.66. The molecule has 2 aliphatic heterocycles. The lowest BCUT2D eigenvalue weighted by atomic mass is 9.74. The maximum Gasteiger partial charge on any atom is 0.481 e. The van der Waals surface area contributed by atoms with E-state index in [9.17, 15) is 19.2 Å². The minimum atomic E-state index is -0.936. The average molecular weight is 719 g/mol. The van der Waals surface area contributed by atoms with Crippen LogP contribution >= 0.6 is 0 Å². The molecule has 0 aromatic heterocycles. The number of hydrogen-bond acceptors (Lipinski definition) is 7. The number of amides is 4. The van der Waals surface area contributed by atoms with Gasteiger partial charge in [-0.25, -0.2) is 4.79 Å². The number of likely N-dealkylation sites (tertiary alicyclic amines) is 1. The summed E-state index contributed by atoms with van der Waals surface area (Å²) >= 11 is 0. The molecule has 2 aromatic carbocycles. The number of ether oxygens (including phenoxy) is 1. The molecule has 2 aromatic rings. The van der Waals surface area contributed by atoms with Crippen molar-refractivity contribution in [1.29, 1.82) is 0 Å². The Kier molecular flexibility index (Phi) is 12.9. The minimum absolute atomic E-state index is 0.00501. The van der Waals surface area contributed by atoms with Crippen LogP contribution in [-0.4, -0.2) is 84.3 Å². The van der Waals surface area contributed by atoms with Crippen molar-refractivity contribution in [2.45, 2.75) is 142 Å². The molecule has 4 amide bonds. The molecule has 2 saturated heterocycles. The van der Waals surface area contributed by atoms with Gasteiger partial charge in [0.15, 0.2) is 0 Å². The zero-order chi connectivity index (χ0) is 37.7. The lowest BCUT2D eigenvalue weighted by molar-refractivity contribution is -0.140. The number of fused-ring (bicyclic) bond motifs is 2. The highest BCUT2D eigenvalue weighted by Gasteiger charge is 2.51. The third-order valence-corrected chi connectivity index (χ3v) is 10.7. The van der Waals surface area contributed by atoms with Crippen LogP contribution < -0.4 is 16.0 Å². The van der Waals surface area contributed by atoms with Gasteiger partial charge in [-0.3, -0.25) is 14.4 Å². The van der Waals surface area contributed by atoms with Crippen molar-refractivity contribution in [3.63, 3.8) is 0 Å². The number of nitrogens with zero attached hydrogens (tertiary/aromatic N) is 1. The van der Waals surface area contributed by atoms with Crippen LogP contribution in [0, 0.1) is 17.8 Å². The van der Waals surface area contributed by atoms with Gasteiger partial charge in [0, 0.05) is 13.0 Å². The normalized spacial score (nSPS) is 25.0. The van der Waals surface area contributed by atoms with Crippen molar-refractivity contribution in [1.82, 2.24) is 20.9 Å². The molecule has 1 saturated carbocycles. The Balaban J connectivity index is 1.36. The zero-order valence-corrected chi connectivity index (χ0v) is 32.3. The Morgan fingerprint density at radius 2 is 1.65 bits per heavy atom. The average Bonchev–Trinajstić information content (AvgIpc) is 3.76. The first-order valence-corrected chi connectivity index (χ1v) is 19.3. The fourth-order valence-corrected chi connectivity index (χ4v) is 8.06. The van der Waals surface area contributed by atoms with Crippen LogP contribution in [0.2, 0.25) is 0 Å². The van der Waals surface area contributed by atoms with Gasteiger partial charge in [-0.1, -0.05) is 76.6 Å². The first kappa shape index (κ1) is 39.6. The van der Waals surface area contributed by atoms with Gasteiger partial charge in [-0.05, 0) is 93.9 Å². The highest BCUT2D eigenvalue weighted by Crippen LogP contribution is 2.40. The molecule has 0 spiro atoms. The molecule has 284 valence electrons. The van der Waals surface area contributed by atoms with Gasteiger partial charge >= 0.3 is 13.2 Å². The topological polar surface area (TPSA) is 135 Å². The van der Waals surface area contributed by atoms with Crippen LogP contribution in [-0.2, 0) is 34.9 Å². The third-order valence-electron chi connectivity index (χ3n) is 10.7. The summed E-state index contributed by atoms with van der Waals surface area (Å²) in [6, 6.07) is 11.3. The zero-order valence-electron chi connectivity index (χ0n) is 32.3. The standard InChI is InChI=1S/C40H59BN4O7/c1-9-27-20-19-25(4)34-35(27)52-41(51-34)33(22-24(2)3)44-36(46)31(23-29-16-12-15-28-14-10-11-17-30(28)29)43-37(47)32-18-13-21-45(32)38(48)26(5)42-39(49)50-40(6,7)8/h10-12,14-17,24-27,31-35H,9,13,18-23H2,1-8H3,(H,42,49)(H,43,47)(H,44,46)/t25-,26-,27?,31+,32+,33+,34?,35?/m1/s1. The lowest BCUT2D eigenvalue weighted by Gasteiger charge is -2.36. The Morgan fingerprint density at radius 1 is 0.942 bits per heavy atom. The van der Waals surface area contributed by atoms with Crippen LogP contribution in [0.1, 0.15) is 99.5 Å². The monoisotopic (exact) mass is 718 g/mol. The molecule has 11 nitrogen and oxygen atoms in total. The first-order chi connectivity index (χ1) is 24.6. The summed E-state index contributed by atoms with van der Waals surface area (Å²) in [7, 11) is -0.591. The number of nitrogens with one attached hydrogen (secondary N) is 3. The molecule has 8 atom stereocenters. The van der Waals surface area contributed by atoms with Gasteiger partial charge in [-0.2, -0.15) is 0 Å². The number of carbonyl (C=O) groups is 4. The van der Waals surface area contributed by atoms with E-state index in [-0.39, 0.29) is 36.4 Å². The van der Waals surface area contributed by atoms with Crippen molar-refractivity contribution in [3.05, 3.63) is 48.0 Å². The van der Waals surface area contributed by atoms with E-state index in [1.165, 1.54) is 4.90 Å². The molecular weight excluding hydrogens is 659 g/mol. The molecule has 3 N–H and O–H groups in total. The Hall–Kier alpha value is -3.64. The Labute approximate surface area is 309 Å². The van der Waals surface area contributed by atoms with Crippen molar-refractivity contribution < 1.29 is 33.2 Å². The maximum atomic E-state index is 14.5. The fourth-order valence-electron chi connectivity index (χ4n) is 8.06. The second kappa shape index (κ2) is 17.0. The summed E-state index contributed by atoms with van der Waals surface area (Å²) in [6.07, 6.45) is 4.44. The van der Waals surface area contributed by atoms with Crippen LogP contribution in [0.3, 0.4) is 0 Å². The van der Waals surface area contributed by atoms with Gasteiger partial charge in [0.1, 0.15) is 23.7 Å². The molecule has 1 aliphatic carbocycles. The van der Waals surface area contributed by atoms with Gasteiger partial charge in [0.2, 0.25) is 17.7 Å². The SMILES string of the molecule is CCC1CC[C@@H](C)C2OB([C@H](CC(C)C)NC(=O)[C@H](Cc3cccc4ccccc34)NC(=O)[C@@H]3CCCN3C(=O)[C@@H](C)NC(=O)OC(C)(C)C)OC12. The predicted molar refractivity (Wildman–Crippen MR) is 202 cm³/mol. The number of carbonyl (C=O) groups excluding carboxylic acids is 4. The van der Waals surface area contributed by atoms with Crippen molar-refractivity contribution in [3.8, 4) is 0 Å². The molecule has 12 heteroatoms. The van der Waals surface area contributed by atoms with E-state index in [1.807, 2.05) is 42.5 Å². The van der Waals surface area contributed by atoms with Gasteiger partial charge in [0.05, 0.1) is 18.1 Å². The first-order valence-electron chi connectivity index (χ1n) is 19.3. The number of alkyl carbamates (subject to hydrolysis) is 1. The van der Waals surface area contributed by atoms with Gasteiger partial charge < -0.3 is 34.9 Å². The quantitative estimate of drug-likeness (QED) is 0.245.